The number of ether oxygens (including phenoxy) is 1. The molecule has 0 saturated carbocycles. The van der Waals surface area contributed by atoms with Gasteiger partial charge in [-0.15, -0.1) is 15.7 Å². The molecule has 5 rings (SSSR count). The molecule has 9 nitrogen and oxygen atoms in total. The SMILES string of the molecule is O=C(Nc1sc2c(c1C(=O)NCC1CCCO1)CCCC2)C1=CC=CN2CCS(=O)(=O)N=C12. The molecule has 0 radical (unpaired) electrons. The van der Waals surface area contributed by atoms with Gasteiger partial charge in [-0.1, -0.05) is 0 Å². The van der Waals surface area contributed by atoms with Crippen molar-refractivity contribution in [3.63, 3.8) is 0 Å². The average molecular weight is 491 g/mol. The Hall–Kier alpha value is -2.50. The first-order valence-corrected chi connectivity index (χ1v) is 13.7. The molecule has 3 aliphatic heterocycles. The number of sulfonamides is 1. The minimum absolute atomic E-state index is 0.0258. The van der Waals surface area contributed by atoms with E-state index in [1.165, 1.54) is 11.3 Å². The summed E-state index contributed by atoms with van der Waals surface area (Å²) in [5.41, 5.74) is 1.68. The number of allylic oxidation sites excluding steroid dienone is 2. The van der Waals surface area contributed by atoms with Gasteiger partial charge in [-0.2, -0.15) is 0 Å². The zero-order valence-electron chi connectivity index (χ0n) is 18.1. The van der Waals surface area contributed by atoms with Crippen LogP contribution in [0.4, 0.5) is 5.00 Å². The summed E-state index contributed by atoms with van der Waals surface area (Å²) >= 11 is 1.43. The minimum atomic E-state index is -3.61. The lowest BCUT2D eigenvalue weighted by Crippen LogP contribution is -2.41. The van der Waals surface area contributed by atoms with E-state index < -0.39 is 15.9 Å². The second kappa shape index (κ2) is 9.03. The third-order valence-corrected chi connectivity index (χ3v) is 8.60. The summed E-state index contributed by atoms with van der Waals surface area (Å²) in [6.45, 7) is 1.40. The molecule has 2 amide bonds. The van der Waals surface area contributed by atoms with Gasteiger partial charge in [0.1, 0.15) is 5.00 Å². The highest BCUT2D eigenvalue weighted by atomic mass is 32.2. The van der Waals surface area contributed by atoms with Crippen LogP contribution in [0.15, 0.2) is 28.3 Å². The van der Waals surface area contributed by atoms with Crippen LogP contribution in [0, 0.1) is 0 Å². The van der Waals surface area contributed by atoms with Gasteiger partial charge in [0.05, 0.1) is 23.0 Å². The molecule has 1 atom stereocenters. The van der Waals surface area contributed by atoms with Crippen LogP contribution in [0.3, 0.4) is 0 Å². The zero-order chi connectivity index (χ0) is 23.0. The number of hydrogen-bond acceptors (Lipinski definition) is 7. The Labute approximate surface area is 196 Å². The van der Waals surface area contributed by atoms with Gasteiger partial charge in [0, 0.05) is 30.8 Å². The van der Waals surface area contributed by atoms with Crippen LogP contribution in [0.2, 0.25) is 0 Å². The molecule has 1 unspecified atom stereocenters. The normalized spacial score (nSPS) is 23.3. The van der Waals surface area contributed by atoms with Gasteiger partial charge in [0.25, 0.3) is 21.8 Å². The maximum absolute atomic E-state index is 13.2. The van der Waals surface area contributed by atoms with Crippen molar-refractivity contribution in [1.29, 1.82) is 0 Å². The first-order valence-electron chi connectivity index (χ1n) is 11.2. The van der Waals surface area contributed by atoms with E-state index in [4.69, 9.17) is 4.74 Å². The zero-order valence-corrected chi connectivity index (χ0v) is 19.8. The molecule has 1 aromatic heterocycles. The van der Waals surface area contributed by atoms with E-state index in [1.54, 1.807) is 23.3 Å². The maximum atomic E-state index is 13.2. The number of nitrogens with one attached hydrogen (secondary N) is 2. The van der Waals surface area contributed by atoms with E-state index in [0.29, 0.717) is 17.1 Å². The monoisotopic (exact) mass is 490 g/mol. The molecule has 2 N–H and O–H groups in total. The Balaban J connectivity index is 1.41. The van der Waals surface area contributed by atoms with Crippen LogP contribution < -0.4 is 10.6 Å². The summed E-state index contributed by atoms with van der Waals surface area (Å²) < 4.78 is 33.5. The summed E-state index contributed by atoms with van der Waals surface area (Å²) in [5, 5.41) is 6.37. The number of anilines is 1. The Morgan fingerprint density at radius 2 is 2.06 bits per heavy atom. The highest BCUT2D eigenvalue weighted by Gasteiger charge is 2.32. The van der Waals surface area contributed by atoms with Gasteiger partial charge in [-0.25, -0.2) is 8.42 Å². The van der Waals surface area contributed by atoms with Crippen molar-refractivity contribution in [2.45, 2.75) is 44.6 Å². The molecule has 0 bridgehead atoms. The largest absolute Gasteiger partial charge is 0.376 e. The van der Waals surface area contributed by atoms with Crippen molar-refractivity contribution in [3.05, 3.63) is 39.9 Å². The average Bonchev–Trinajstić information content (AvgIpc) is 3.44. The first kappa shape index (κ1) is 22.3. The fourth-order valence-corrected chi connectivity index (χ4v) is 6.83. The van der Waals surface area contributed by atoms with E-state index in [1.807, 2.05) is 0 Å². The number of nitrogens with zero attached hydrogens (tertiary/aromatic N) is 2. The lowest BCUT2D eigenvalue weighted by atomic mass is 9.95. The van der Waals surface area contributed by atoms with Gasteiger partial charge in [0.2, 0.25) is 0 Å². The highest BCUT2D eigenvalue weighted by Crippen LogP contribution is 2.38. The van der Waals surface area contributed by atoms with Crippen molar-refractivity contribution in [1.82, 2.24) is 10.2 Å². The maximum Gasteiger partial charge on any atom is 0.260 e. The van der Waals surface area contributed by atoms with Crippen LogP contribution in [0.5, 0.6) is 0 Å². The fraction of sp³-hybridized carbons (Fsp3) is 0.500. The van der Waals surface area contributed by atoms with E-state index in [2.05, 4.69) is 15.0 Å². The van der Waals surface area contributed by atoms with Gasteiger partial charge in [-0.05, 0) is 56.2 Å². The molecule has 11 heteroatoms. The molecule has 1 fully saturated rings. The first-order chi connectivity index (χ1) is 15.9. The molecule has 0 aromatic carbocycles. The number of carbonyl (C=O) groups is 2. The number of aryl methyl sites for hydroxylation is 1. The van der Waals surface area contributed by atoms with Crippen LogP contribution in [0.25, 0.3) is 0 Å². The van der Waals surface area contributed by atoms with Crippen molar-refractivity contribution in [3.8, 4) is 0 Å². The van der Waals surface area contributed by atoms with Crippen molar-refractivity contribution >= 4 is 44.0 Å². The van der Waals surface area contributed by atoms with Crippen LogP contribution in [-0.2, 0) is 32.4 Å². The summed E-state index contributed by atoms with van der Waals surface area (Å²) in [5.74, 6) is -0.668. The number of thiophene rings is 1. The van der Waals surface area contributed by atoms with Gasteiger partial charge >= 0.3 is 0 Å². The number of hydrogen-bond donors (Lipinski definition) is 2. The Morgan fingerprint density at radius 3 is 2.88 bits per heavy atom. The lowest BCUT2D eigenvalue weighted by molar-refractivity contribution is -0.112. The lowest BCUT2D eigenvalue weighted by Gasteiger charge is -2.28. The van der Waals surface area contributed by atoms with Gasteiger partial charge in [-0.3, -0.25) is 9.59 Å². The predicted octanol–water partition coefficient (Wildman–Crippen LogP) is 1.97. The number of amides is 2. The molecule has 176 valence electrons. The van der Waals surface area contributed by atoms with Crippen molar-refractivity contribution in [2.75, 3.05) is 30.8 Å². The van der Waals surface area contributed by atoms with Crippen molar-refractivity contribution in [2.24, 2.45) is 4.40 Å². The van der Waals surface area contributed by atoms with E-state index in [0.717, 1.165) is 55.6 Å². The van der Waals surface area contributed by atoms with E-state index >= 15 is 0 Å². The standard InChI is InChI=1S/C22H26N4O5S2/c27-20(16-7-3-9-26-10-12-33(29,30)25-19(16)26)24-22-18(15-6-1-2-8-17(15)32-22)21(28)23-13-14-5-4-11-31-14/h3,7,9,14H,1-2,4-6,8,10-13H2,(H,23,28)(H,24,27). The minimum Gasteiger partial charge on any atom is -0.376 e. The predicted molar refractivity (Wildman–Crippen MR) is 126 cm³/mol. The number of fused-ring (bicyclic) bond motifs is 2. The third kappa shape index (κ3) is 4.62. The molecule has 4 heterocycles. The number of rotatable bonds is 5. The Kier molecular flexibility index (Phi) is 6.11. The third-order valence-electron chi connectivity index (χ3n) is 6.24. The summed E-state index contributed by atoms with van der Waals surface area (Å²) in [7, 11) is -3.61. The summed E-state index contributed by atoms with van der Waals surface area (Å²) in [4.78, 5) is 29.2. The molecular formula is C22H26N4O5S2. The van der Waals surface area contributed by atoms with Crippen LogP contribution >= 0.6 is 11.3 Å². The Morgan fingerprint density at radius 1 is 1.21 bits per heavy atom. The second-order valence-electron chi connectivity index (χ2n) is 8.53. The number of amidine groups is 1. The molecule has 33 heavy (non-hydrogen) atoms. The summed E-state index contributed by atoms with van der Waals surface area (Å²) in [6.07, 6.45) is 10.6. The van der Waals surface area contributed by atoms with Crippen LogP contribution in [0.1, 0.15) is 46.5 Å². The van der Waals surface area contributed by atoms with E-state index in [-0.39, 0.29) is 35.7 Å². The highest BCUT2D eigenvalue weighted by molar-refractivity contribution is 7.90. The van der Waals surface area contributed by atoms with Gasteiger partial charge in [0.15, 0.2) is 5.84 Å². The second-order valence-corrected chi connectivity index (χ2v) is 11.4. The molecular weight excluding hydrogens is 464 g/mol. The number of carbonyl (C=O) groups excluding carboxylic acids is 2. The molecule has 4 aliphatic rings. The molecule has 0 spiro atoms. The van der Waals surface area contributed by atoms with Crippen molar-refractivity contribution < 1.29 is 22.7 Å². The van der Waals surface area contributed by atoms with Crippen LogP contribution in [-0.4, -0.2) is 62.5 Å². The smallest absolute Gasteiger partial charge is 0.260 e. The topological polar surface area (TPSA) is 117 Å². The van der Waals surface area contributed by atoms with Gasteiger partial charge < -0.3 is 20.3 Å². The molecule has 1 aliphatic carbocycles. The van der Waals surface area contributed by atoms with E-state index in [9.17, 15) is 18.0 Å². The molecule has 1 aromatic rings. The Bertz CT molecular complexity index is 1180. The quantitative estimate of drug-likeness (QED) is 0.652. The molecule has 1 saturated heterocycles. The fourth-order valence-electron chi connectivity index (χ4n) is 4.56. The summed E-state index contributed by atoms with van der Waals surface area (Å²) in [6, 6.07) is 0.